The highest BCUT2D eigenvalue weighted by Crippen LogP contribution is 2.45. The molecule has 1 aliphatic rings. The van der Waals surface area contributed by atoms with Gasteiger partial charge in [-0.2, -0.15) is 0 Å². The van der Waals surface area contributed by atoms with Gasteiger partial charge < -0.3 is 10.3 Å². The second-order valence-electron chi connectivity index (χ2n) is 6.23. The Morgan fingerprint density at radius 3 is 2.53 bits per heavy atom. The van der Waals surface area contributed by atoms with Gasteiger partial charge in [-0.25, -0.2) is 0 Å². The highest BCUT2D eigenvalue weighted by atomic mass is 14.9. The van der Waals surface area contributed by atoms with Crippen LogP contribution in [0.15, 0.2) is 18.2 Å². The first-order valence-corrected chi connectivity index (χ1v) is 7.35. The molecule has 0 spiro atoms. The first-order valence-electron chi connectivity index (χ1n) is 7.35. The molecule has 0 aliphatic heterocycles. The van der Waals surface area contributed by atoms with Gasteiger partial charge in [-0.05, 0) is 44.4 Å². The van der Waals surface area contributed by atoms with E-state index < -0.39 is 0 Å². The lowest BCUT2D eigenvalue weighted by molar-refractivity contribution is 0.453. The first-order chi connectivity index (χ1) is 9.09. The van der Waals surface area contributed by atoms with Crippen molar-refractivity contribution in [3.63, 3.8) is 0 Å². The average Bonchev–Trinajstić information content (AvgIpc) is 2.96. The number of nitrogens with zero attached hydrogens (tertiary/aromatic N) is 1. The third kappa shape index (κ3) is 1.73. The smallest absolute Gasteiger partial charge is 0.0483 e. The summed E-state index contributed by atoms with van der Waals surface area (Å²) in [6.07, 6.45) is 5.13. The maximum atomic E-state index is 6.20. The Morgan fingerprint density at radius 2 is 1.89 bits per heavy atom. The molecule has 2 nitrogen and oxygen atoms in total. The van der Waals surface area contributed by atoms with E-state index in [1.54, 1.807) is 0 Å². The average molecular weight is 256 g/mol. The van der Waals surface area contributed by atoms with Gasteiger partial charge in [0.25, 0.3) is 0 Å². The Hall–Kier alpha value is -1.28. The Labute approximate surface area is 115 Å². The van der Waals surface area contributed by atoms with E-state index in [4.69, 9.17) is 5.73 Å². The fourth-order valence-corrected chi connectivity index (χ4v) is 3.96. The monoisotopic (exact) mass is 256 g/mol. The first kappa shape index (κ1) is 12.7. The normalized spacial score (nSPS) is 18.3. The van der Waals surface area contributed by atoms with E-state index >= 15 is 0 Å². The molecule has 1 aromatic carbocycles. The molecule has 3 rings (SSSR count). The van der Waals surface area contributed by atoms with Gasteiger partial charge in [0.2, 0.25) is 0 Å². The van der Waals surface area contributed by atoms with Crippen molar-refractivity contribution in [3.8, 4) is 0 Å². The molecule has 0 saturated heterocycles. The van der Waals surface area contributed by atoms with Crippen LogP contribution >= 0.6 is 0 Å². The molecule has 0 amide bonds. The molecule has 0 atom stereocenters. The van der Waals surface area contributed by atoms with E-state index in [0.29, 0.717) is 0 Å². The molecule has 1 aromatic heterocycles. The minimum Gasteiger partial charge on any atom is -0.348 e. The molecule has 0 unspecified atom stereocenters. The van der Waals surface area contributed by atoms with E-state index in [1.165, 1.54) is 53.4 Å². The summed E-state index contributed by atoms with van der Waals surface area (Å²) in [5, 5.41) is 1.42. The number of aryl methyl sites for hydroxylation is 2. The second kappa shape index (κ2) is 4.38. The summed E-state index contributed by atoms with van der Waals surface area (Å²) in [5.74, 6) is 0. The van der Waals surface area contributed by atoms with Gasteiger partial charge in [0.05, 0.1) is 0 Å². The highest BCUT2D eigenvalue weighted by Gasteiger charge is 2.38. The summed E-state index contributed by atoms with van der Waals surface area (Å²) in [5.41, 5.74) is 12.0. The van der Waals surface area contributed by atoms with Crippen LogP contribution in [0.4, 0.5) is 0 Å². The zero-order chi connectivity index (χ0) is 13.6. The van der Waals surface area contributed by atoms with Crippen LogP contribution in [0.5, 0.6) is 0 Å². The fourth-order valence-electron chi connectivity index (χ4n) is 3.96. The molecule has 1 saturated carbocycles. The molecule has 1 heterocycles. The standard InChI is InChI=1S/C17H24N2/c1-12-6-7-15-14(10-12)16(13(2)19(15)3)17(11-18)8-4-5-9-17/h6-7,10H,4-5,8-9,11,18H2,1-3H3. The van der Waals surface area contributed by atoms with E-state index in [1.807, 2.05) is 0 Å². The zero-order valence-electron chi connectivity index (χ0n) is 12.3. The minimum absolute atomic E-state index is 0.220. The molecule has 1 aliphatic carbocycles. The molecule has 0 bridgehead atoms. The van der Waals surface area contributed by atoms with E-state index in [-0.39, 0.29) is 5.41 Å². The lowest BCUT2D eigenvalue weighted by atomic mass is 9.77. The summed E-state index contributed by atoms with van der Waals surface area (Å²) in [7, 11) is 2.18. The van der Waals surface area contributed by atoms with Crippen molar-refractivity contribution < 1.29 is 0 Å². The van der Waals surface area contributed by atoms with Crippen LogP contribution < -0.4 is 5.73 Å². The van der Waals surface area contributed by atoms with Crippen LogP contribution in [0.1, 0.15) is 42.5 Å². The molecule has 0 radical (unpaired) electrons. The maximum absolute atomic E-state index is 6.20. The largest absolute Gasteiger partial charge is 0.348 e. The predicted octanol–water partition coefficient (Wildman–Crippen LogP) is 3.57. The molecule has 1 fully saturated rings. The Morgan fingerprint density at radius 1 is 1.21 bits per heavy atom. The van der Waals surface area contributed by atoms with Crippen LogP contribution in [0.25, 0.3) is 10.9 Å². The van der Waals surface area contributed by atoms with Gasteiger partial charge in [0.1, 0.15) is 0 Å². The van der Waals surface area contributed by atoms with Crippen molar-refractivity contribution in [2.45, 2.75) is 44.9 Å². The van der Waals surface area contributed by atoms with Gasteiger partial charge >= 0.3 is 0 Å². The van der Waals surface area contributed by atoms with E-state index in [0.717, 1.165) is 6.54 Å². The third-order valence-corrected chi connectivity index (χ3v) is 5.13. The topological polar surface area (TPSA) is 30.9 Å². The number of rotatable bonds is 2. The van der Waals surface area contributed by atoms with Crippen molar-refractivity contribution in [3.05, 3.63) is 35.0 Å². The Bertz CT molecular complexity index is 616. The number of hydrogen-bond donors (Lipinski definition) is 1. The fraction of sp³-hybridized carbons (Fsp3) is 0.529. The number of aromatic nitrogens is 1. The van der Waals surface area contributed by atoms with Crippen LogP contribution in [-0.2, 0) is 12.5 Å². The van der Waals surface area contributed by atoms with Crippen molar-refractivity contribution in [1.82, 2.24) is 4.57 Å². The van der Waals surface area contributed by atoms with Crippen LogP contribution in [-0.4, -0.2) is 11.1 Å². The molecule has 2 N–H and O–H groups in total. The van der Waals surface area contributed by atoms with Crippen molar-refractivity contribution in [1.29, 1.82) is 0 Å². The Balaban J connectivity index is 2.33. The van der Waals surface area contributed by atoms with Gasteiger partial charge in [0, 0.05) is 35.6 Å². The predicted molar refractivity (Wildman–Crippen MR) is 81.6 cm³/mol. The molecule has 2 heteroatoms. The van der Waals surface area contributed by atoms with Gasteiger partial charge in [-0.15, -0.1) is 0 Å². The number of fused-ring (bicyclic) bond motifs is 1. The number of nitrogens with two attached hydrogens (primary N) is 1. The molecular formula is C17H24N2. The van der Waals surface area contributed by atoms with Crippen LogP contribution in [0, 0.1) is 13.8 Å². The molecule has 102 valence electrons. The molecule has 19 heavy (non-hydrogen) atoms. The number of benzene rings is 1. The molecular weight excluding hydrogens is 232 g/mol. The van der Waals surface area contributed by atoms with Crippen molar-refractivity contribution in [2.75, 3.05) is 6.54 Å². The summed E-state index contributed by atoms with van der Waals surface area (Å²) in [4.78, 5) is 0. The summed E-state index contributed by atoms with van der Waals surface area (Å²) in [6.45, 7) is 5.20. The zero-order valence-corrected chi connectivity index (χ0v) is 12.3. The lowest BCUT2D eigenvalue weighted by Gasteiger charge is -2.28. The maximum Gasteiger partial charge on any atom is 0.0483 e. The van der Waals surface area contributed by atoms with Crippen molar-refractivity contribution in [2.24, 2.45) is 12.8 Å². The summed E-state index contributed by atoms with van der Waals surface area (Å²) < 4.78 is 2.33. The van der Waals surface area contributed by atoms with Crippen molar-refractivity contribution >= 4 is 10.9 Å². The summed E-state index contributed by atoms with van der Waals surface area (Å²) >= 11 is 0. The van der Waals surface area contributed by atoms with Gasteiger partial charge in [0.15, 0.2) is 0 Å². The van der Waals surface area contributed by atoms with Gasteiger partial charge in [-0.1, -0.05) is 24.5 Å². The van der Waals surface area contributed by atoms with Gasteiger partial charge in [-0.3, -0.25) is 0 Å². The third-order valence-electron chi connectivity index (χ3n) is 5.13. The van der Waals surface area contributed by atoms with Crippen LogP contribution in [0.3, 0.4) is 0 Å². The quantitative estimate of drug-likeness (QED) is 0.875. The van der Waals surface area contributed by atoms with E-state index in [9.17, 15) is 0 Å². The molecule has 2 aromatic rings. The minimum atomic E-state index is 0.220. The summed E-state index contributed by atoms with van der Waals surface area (Å²) in [6, 6.07) is 6.79. The van der Waals surface area contributed by atoms with Crippen LogP contribution in [0.2, 0.25) is 0 Å². The second-order valence-corrected chi connectivity index (χ2v) is 6.23. The highest BCUT2D eigenvalue weighted by molar-refractivity contribution is 5.87. The number of hydrogen-bond acceptors (Lipinski definition) is 1. The Kier molecular flexibility index (Phi) is 2.94. The SMILES string of the molecule is Cc1ccc2c(c1)c(C1(CN)CCCC1)c(C)n2C. The lowest BCUT2D eigenvalue weighted by Crippen LogP contribution is -2.32. The van der Waals surface area contributed by atoms with E-state index in [2.05, 4.69) is 43.7 Å².